The first-order valence-corrected chi connectivity index (χ1v) is 16.4. The maximum Gasteiger partial charge on any atom is 0.490 e. The van der Waals surface area contributed by atoms with Crippen molar-refractivity contribution >= 4 is 34.6 Å². The van der Waals surface area contributed by atoms with Gasteiger partial charge in [-0.25, -0.2) is 23.7 Å². The fourth-order valence-corrected chi connectivity index (χ4v) is 7.20. The molecule has 0 bridgehead atoms. The van der Waals surface area contributed by atoms with Crippen LogP contribution < -0.4 is 5.56 Å². The van der Waals surface area contributed by atoms with Gasteiger partial charge in [0.25, 0.3) is 5.56 Å². The van der Waals surface area contributed by atoms with Crippen molar-refractivity contribution in [3.63, 3.8) is 0 Å². The first-order valence-electron chi connectivity index (χ1n) is 11.9. The summed E-state index contributed by atoms with van der Waals surface area (Å²) in [7, 11) is -17.1. The summed E-state index contributed by atoms with van der Waals surface area (Å²) in [6.07, 6.45) is -1.35. The van der Waals surface area contributed by atoms with E-state index in [1.807, 2.05) is 19.9 Å². The van der Waals surface area contributed by atoms with Crippen molar-refractivity contribution < 1.29 is 61.4 Å². The number of ether oxygens (including phenoxy) is 1. The number of aliphatic hydroxyl groups is 2. The van der Waals surface area contributed by atoms with Crippen LogP contribution in [0.1, 0.15) is 46.3 Å². The Kier molecular flexibility index (Phi) is 10.8. The predicted molar refractivity (Wildman–Crippen MR) is 140 cm³/mol. The van der Waals surface area contributed by atoms with Crippen LogP contribution in [0.15, 0.2) is 40.7 Å². The summed E-state index contributed by atoms with van der Waals surface area (Å²) in [4.78, 5) is 59.5. The van der Waals surface area contributed by atoms with E-state index in [1.54, 1.807) is 13.0 Å². The van der Waals surface area contributed by atoms with Crippen LogP contribution in [0.4, 0.5) is 0 Å². The number of nitrogens with zero attached hydrogens (tertiary/aromatic N) is 3. The molecule has 41 heavy (non-hydrogen) atoms. The lowest BCUT2D eigenvalue weighted by molar-refractivity contribution is -0.0798. The fraction of sp³-hybridized carbons (Fsp3) is 0.550. The van der Waals surface area contributed by atoms with Crippen LogP contribution in [0.5, 0.6) is 0 Å². The summed E-state index contributed by atoms with van der Waals surface area (Å²) in [5.74, 6) is 0. The number of aromatic nitrogens is 4. The van der Waals surface area contributed by atoms with E-state index < -0.39 is 59.7 Å². The van der Waals surface area contributed by atoms with Crippen molar-refractivity contribution in [2.45, 2.75) is 70.7 Å². The van der Waals surface area contributed by atoms with Crippen molar-refractivity contribution in [3.8, 4) is 0 Å². The minimum absolute atomic E-state index is 0.00917. The number of nitrogens with one attached hydrogen (secondary N) is 1. The van der Waals surface area contributed by atoms with E-state index in [1.165, 1.54) is 0 Å². The molecule has 3 unspecified atom stereocenters. The predicted octanol–water partition coefficient (Wildman–Crippen LogP) is 1.53. The molecule has 18 nitrogen and oxygen atoms in total. The molecular weight excluding hydrogens is 613 g/mol. The second-order valence-corrected chi connectivity index (χ2v) is 13.7. The molecule has 1 fully saturated rings. The summed E-state index contributed by atoms with van der Waals surface area (Å²) in [6, 6.07) is 0. The van der Waals surface area contributed by atoms with E-state index in [0.29, 0.717) is 12.8 Å². The molecule has 3 rings (SSSR count). The molecule has 1 aliphatic heterocycles. The Balaban J connectivity index is 1.90. The van der Waals surface area contributed by atoms with E-state index >= 15 is 0 Å². The van der Waals surface area contributed by atoms with Gasteiger partial charge in [0, 0.05) is 0 Å². The highest BCUT2D eigenvalue weighted by molar-refractivity contribution is 7.66. The largest absolute Gasteiger partial charge is 0.490 e. The van der Waals surface area contributed by atoms with Crippen molar-refractivity contribution in [2.75, 3.05) is 0 Å². The number of hydrogen-bond donors (Lipinski definition) is 7. The minimum atomic E-state index is -5.83. The van der Waals surface area contributed by atoms with Gasteiger partial charge in [0.15, 0.2) is 17.4 Å². The molecule has 0 saturated carbocycles. The first kappa shape index (κ1) is 33.6. The topological polar surface area (TPSA) is 273 Å². The smallest absolute Gasteiger partial charge is 0.387 e. The van der Waals surface area contributed by atoms with E-state index in [2.05, 4.69) is 23.6 Å². The number of hydrogen-bond acceptors (Lipinski definition) is 12. The van der Waals surface area contributed by atoms with Gasteiger partial charge in [0.2, 0.25) is 0 Å². The van der Waals surface area contributed by atoms with Crippen LogP contribution in [-0.2, 0) is 31.6 Å². The van der Waals surface area contributed by atoms with Gasteiger partial charge < -0.3 is 39.5 Å². The monoisotopic (exact) mass is 644 g/mol. The fourth-order valence-electron chi connectivity index (χ4n) is 3.99. The average Bonchev–Trinajstić information content (AvgIpc) is 3.36. The third-order valence-electron chi connectivity index (χ3n) is 5.76. The van der Waals surface area contributed by atoms with Crippen LogP contribution in [-0.4, -0.2) is 73.7 Å². The number of aliphatic hydroxyl groups excluding tert-OH is 2. The second kappa shape index (κ2) is 13.2. The molecule has 0 amide bonds. The number of phosphoric ester groups is 1. The number of aromatic amines is 1. The summed E-state index contributed by atoms with van der Waals surface area (Å²) in [5.41, 5.74) is 1.19. The van der Waals surface area contributed by atoms with E-state index in [9.17, 15) is 38.5 Å². The lowest BCUT2D eigenvalue weighted by atomic mass is 10.0. The zero-order valence-corrected chi connectivity index (χ0v) is 24.6. The minimum Gasteiger partial charge on any atom is -0.387 e. The number of rotatable bonds is 13. The number of phosphoric acid groups is 3. The Labute approximate surface area is 232 Å². The lowest BCUT2D eigenvalue weighted by Gasteiger charge is -2.27. The zero-order valence-electron chi connectivity index (χ0n) is 22.0. The molecule has 0 aliphatic carbocycles. The summed E-state index contributed by atoms with van der Waals surface area (Å²) in [6.45, 7) is 5.60. The van der Waals surface area contributed by atoms with E-state index in [-0.39, 0.29) is 17.6 Å². The second-order valence-electron chi connectivity index (χ2n) is 9.37. The molecule has 2 aromatic rings. The van der Waals surface area contributed by atoms with Gasteiger partial charge in [0.05, 0.1) is 12.7 Å². The van der Waals surface area contributed by atoms with Gasteiger partial charge in [-0.2, -0.15) is 8.62 Å². The molecule has 0 spiro atoms. The van der Waals surface area contributed by atoms with Crippen molar-refractivity contribution in [1.82, 2.24) is 19.5 Å². The number of fused-ring (bicyclic) bond motifs is 1. The van der Waals surface area contributed by atoms with Gasteiger partial charge in [-0.1, -0.05) is 23.3 Å². The third-order valence-corrected chi connectivity index (χ3v) is 9.62. The molecule has 230 valence electrons. The molecule has 7 N–H and O–H groups in total. The number of imidazole rings is 1. The molecule has 1 saturated heterocycles. The molecule has 21 heteroatoms. The maximum absolute atomic E-state index is 12.6. The normalized spacial score (nSPS) is 25.5. The maximum atomic E-state index is 12.6. The van der Waals surface area contributed by atoms with Crippen molar-refractivity contribution in [1.29, 1.82) is 0 Å². The highest BCUT2D eigenvalue weighted by Gasteiger charge is 2.50. The number of H-pyrrole nitrogens is 1. The zero-order chi connectivity index (χ0) is 30.8. The average molecular weight is 644 g/mol. The van der Waals surface area contributed by atoms with Gasteiger partial charge in [0.1, 0.15) is 24.4 Å². The van der Waals surface area contributed by atoms with Crippen molar-refractivity contribution in [2.24, 2.45) is 0 Å². The van der Waals surface area contributed by atoms with Gasteiger partial charge in [-0.3, -0.25) is 13.9 Å². The number of allylic oxidation sites excluding steroid dienone is 3. The lowest BCUT2D eigenvalue weighted by Crippen LogP contribution is -2.39. The van der Waals surface area contributed by atoms with Crippen LogP contribution >= 0.6 is 23.5 Å². The molecule has 0 radical (unpaired) electrons. The molecule has 2 aromatic heterocycles. The van der Waals surface area contributed by atoms with Crippen molar-refractivity contribution in [3.05, 3.63) is 46.3 Å². The molecule has 1 aliphatic rings. The Morgan fingerprint density at radius 1 is 1.07 bits per heavy atom. The van der Waals surface area contributed by atoms with Gasteiger partial charge in [-0.15, -0.1) is 0 Å². The first-order chi connectivity index (χ1) is 18.9. The summed E-state index contributed by atoms with van der Waals surface area (Å²) >= 11 is 0. The Morgan fingerprint density at radius 2 is 1.76 bits per heavy atom. The van der Waals surface area contributed by atoms with Gasteiger partial charge in [-0.05, 0) is 40.0 Å². The van der Waals surface area contributed by atoms with Crippen LogP contribution in [0, 0.1) is 0 Å². The third kappa shape index (κ3) is 9.30. The highest BCUT2D eigenvalue weighted by Crippen LogP contribution is 2.66. The summed E-state index contributed by atoms with van der Waals surface area (Å²) in [5, 5.41) is 21.6. The van der Waals surface area contributed by atoms with Crippen LogP contribution in [0.2, 0.25) is 0 Å². The quantitative estimate of drug-likeness (QED) is 0.120. The van der Waals surface area contributed by atoms with E-state index in [4.69, 9.17) is 19.0 Å². The van der Waals surface area contributed by atoms with Crippen LogP contribution in [0.25, 0.3) is 11.2 Å². The van der Waals surface area contributed by atoms with Gasteiger partial charge >= 0.3 is 23.5 Å². The standard InChI is InChI=1S/C20H31N4O14P3/c1-11(2)5-4-6-12(3)7-8-13(36-40(31,32)38-41(33,34)37-39(28,29)30)17-15(25)16(26)20(35-17)24-10-23-14-18(24)21-9-22-19(14)27/h5,7,9-10,13,15-17,20,25-26H,4,6,8H2,1-3H3,(H,31,32)(H,33,34)(H,21,22,27)(H2,28,29,30)/t13?,15-,16+,17+,20+/m0/s1. The molecular formula is C20H31N4O14P3. The Hall–Kier alpha value is -1.88. The Morgan fingerprint density at radius 3 is 2.39 bits per heavy atom. The SMILES string of the molecule is CC(C)=CCCC(C)=CCC(OP(=O)(O)OP(=O)(O)OP(=O)(O)O)[C@H]1O[C@@H](n2cnc3c(=O)[nH]cnc32)[C@H](O)[C@@H]1O. The Bertz CT molecular complexity index is 1500. The van der Waals surface area contributed by atoms with E-state index in [0.717, 1.165) is 28.4 Å². The molecule has 3 heterocycles. The molecule has 0 aromatic carbocycles. The molecule has 7 atom stereocenters. The highest BCUT2D eigenvalue weighted by atomic mass is 31.3. The summed E-state index contributed by atoms with van der Waals surface area (Å²) < 4.78 is 55.0. The van der Waals surface area contributed by atoms with Crippen LogP contribution in [0.3, 0.4) is 0 Å².